The number of pyridine rings is 1. The number of aromatic nitrogens is 5. The third kappa shape index (κ3) is 2.92. The first-order valence-electron chi connectivity index (χ1n) is 7.71. The van der Waals surface area contributed by atoms with Gasteiger partial charge in [-0.05, 0) is 32.9 Å². The molecule has 3 aromatic rings. The summed E-state index contributed by atoms with van der Waals surface area (Å²) in [5, 5.41) is 7.30. The maximum absolute atomic E-state index is 12.5. The molecule has 124 valence electrons. The van der Waals surface area contributed by atoms with Crippen LogP contribution in [0.2, 0.25) is 0 Å². The second-order valence-corrected chi connectivity index (χ2v) is 5.72. The molecule has 7 nitrogen and oxygen atoms in total. The highest BCUT2D eigenvalue weighted by Crippen LogP contribution is 2.19. The molecule has 0 saturated heterocycles. The van der Waals surface area contributed by atoms with E-state index in [1.54, 1.807) is 23.1 Å². The number of rotatable bonds is 4. The lowest BCUT2D eigenvalue weighted by Crippen LogP contribution is -2.17. The normalized spacial score (nSPS) is 10.8. The standard InChI is InChI=1S/C17H20N6O/c1-11-14(12(2)22(4)21-11)10-16(24)20-15-6-5-7-19-17(15)23-9-8-18-13(23)3/h5-9H,10H2,1-4H3,(H,20,24). The number of amides is 1. The van der Waals surface area contributed by atoms with E-state index in [-0.39, 0.29) is 12.3 Å². The molecule has 0 atom stereocenters. The fourth-order valence-corrected chi connectivity index (χ4v) is 2.72. The third-order valence-electron chi connectivity index (χ3n) is 4.11. The smallest absolute Gasteiger partial charge is 0.229 e. The molecule has 0 unspecified atom stereocenters. The van der Waals surface area contributed by atoms with Gasteiger partial charge in [0.2, 0.25) is 5.91 Å². The van der Waals surface area contributed by atoms with Crippen molar-refractivity contribution in [3.63, 3.8) is 0 Å². The summed E-state index contributed by atoms with van der Waals surface area (Å²) in [4.78, 5) is 21.1. The van der Waals surface area contributed by atoms with E-state index < -0.39 is 0 Å². The van der Waals surface area contributed by atoms with Crippen LogP contribution in [-0.2, 0) is 18.3 Å². The molecule has 0 spiro atoms. The summed E-state index contributed by atoms with van der Waals surface area (Å²) in [7, 11) is 1.88. The summed E-state index contributed by atoms with van der Waals surface area (Å²) in [6.45, 7) is 5.77. The summed E-state index contributed by atoms with van der Waals surface area (Å²) < 4.78 is 3.64. The zero-order valence-electron chi connectivity index (χ0n) is 14.2. The Morgan fingerprint density at radius 2 is 2.00 bits per heavy atom. The van der Waals surface area contributed by atoms with E-state index in [2.05, 4.69) is 20.4 Å². The van der Waals surface area contributed by atoms with Crippen molar-refractivity contribution in [1.82, 2.24) is 24.3 Å². The minimum Gasteiger partial charge on any atom is -0.323 e. The van der Waals surface area contributed by atoms with Crippen molar-refractivity contribution in [2.75, 3.05) is 5.32 Å². The van der Waals surface area contributed by atoms with E-state index in [0.717, 1.165) is 22.8 Å². The molecule has 0 fully saturated rings. The van der Waals surface area contributed by atoms with E-state index in [0.29, 0.717) is 11.5 Å². The average Bonchev–Trinajstić information content (AvgIpc) is 3.07. The zero-order valence-corrected chi connectivity index (χ0v) is 14.2. The molecular formula is C17H20N6O. The van der Waals surface area contributed by atoms with Crippen molar-refractivity contribution in [3.05, 3.63) is 53.5 Å². The van der Waals surface area contributed by atoms with Gasteiger partial charge in [0, 0.05) is 36.9 Å². The van der Waals surface area contributed by atoms with Gasteiger partial charge in [-0.1, -0.05) is 0 Å². The fraction of sp³-hybridized carbons (Fsp3) is 0.294. The Hall–Kier alpha value is -2.96. The number of carbonyl (C=O) groups excluding carboxylic acids is 1. The molecular weight excluding hydrogens is 304 g/mol. The Morgan fingerprint density at radius 1 is 1.21 bits per heavy atom. The van der Waals surface area contributed by atoms with Crippen LogP contribution in [0.1, 0.15) is 22.8 Å². The van der Waals surface area contributed by atoms with Gasteiger partial charge in [-0.3, -0.25) is 14.0 Å². The second kappa shape index (κ2) is 6.27. The highest BCUT2D eigenvalue weighted by molar-refractivity contribution is 5.94. The van der Waals surface area contributed by atoms with Crippen LogP contribution in [0.3, 0.4) is 0 Å². The van der Waals surface area contributed by atoms with Gasteiger partial charge in [-0.2, -0.15) is 5.10 Å². The van der Waals surface area contributed by atoms with Crippen LogP contribution < -0.4 is 5.32 Å². The topological polar surface area (TPSA) is 77.6 Å². The van der Waals surface area contributed by atoms with E-state index in [9.17, 15) is 4.79 Å². The second-order valence-electron chi connectivity index (χ2n) is 5.72. The predicted molar refractivity (Wildman–Crippen MR) is 91.1 cm³/mol. The minimum atomic E-state index is -0.0961. The predicted octanol–water partition coefficient (Wildman–Crippen LogP) is 2.11. The molecule has 7 heteroatoms. The van der Waals surface area contributed by atoms with Crippen molar-refractivity contribution in [2.24, 2.45) is 7.05 Å². The van der Waals surface area contributed by atoms with Crippen LogP contribution in [-0.4, -0.2) is 30.2 Å². The van der Waals surface area contributed by atoms with Crippen molar-refractivity contribution in [1.29, 1.82) is 0 Å². The summed E-state index contributed by atoms with van der Waals surface area (Å²) >= 11 is 0. The number of anilines is 1. The van der Waals surface area contributed by atoms with Gasteiger partial charge in [-0.25, -0.2) is 9.97 Å². The van der Waals surface area contributed by atoms with Crippen LogP contribution in [0.4, 0.5) is 5.69 Å². The van der Waals surface area contributed by atoms with Crippen LogP contribution in [0, 0.1) is 20.8 Å². The first-order chi connectivity index (χ1) is 11.5. The van der Waals surface area contributed by atoms with Crippen molar-refractivity contribution < 1.29 is 4.79 Å². The highest BCUT2D eigenvalue weighted by atomic mass is 16.1. The summed E-state index contributed by atoms with van der Waals surface area (Å²) in [5.74, 6) is 1.37. The number of aryl methyl sites for hydroxylation is 3. The Labute approximate surface area is 140 Å². The molecule has 3 rings (SSSR count). The quantitative estimate of drug-likeness (QED) is 0.797. The van der Waals surface area contributed by atoms with Gasteiger partial charge >= 0.3 is 0 Å². The third-order valence-corrected chi connectivity index (χ3v) is 4.11. The van der Waals surface area contributed by atoms with Gasteiger partial charge in [0.15, 0.2) is 5.82 Å². The molecule has 0 aliphatic carbocycles. The number of imidazole rings is 1. The van der Waals surface area contributed by atoms with Gasteiger partial charge in [0.25, 0.3) is 0 Å². The fourth-order valence-electron chi connectivity index (χ4n) is 2.72. The Kier molecular flexibility index (Phi) is 4.16. The van der Waals surface area contributed by atoms with Crippen molar-refractivity contribution in [3.8, 4) is 5.82 Å². The summed E-state index contributed by atoms with van der Waals surface area (Å²) in [6.07, 6.45) is 5.50. The molecule has 0 radical (unpaired) electrons. The SMILES string of the molecule is Cc1nn(C)c(C)c1CC(=O)Nc1cccnc1-n1ccnc1C. The van der Waals surface area contributed by atoms with Crippen molar-refractivity contribution >= 4 is 11.6 Å². The van der Waals surface area contributed by atoms with Crippen LogP contribution >= 0.6 is 0 Å². The highest BCUT2D eigenvalue weighted by Gasteiger charge is 2.15. The molecule has 3 aromatic heterocycles. The number of nitrogens with zero attached hydrogens (tertiary/aromatic N) is 5. The lowest BCUT2D eigenvalue weighted by atomic mass is 10.1. The van der Waals surface area contributed by atoms with E-state index in [1.165, 1.54) is 0 Å². The first-order valence-corrected chi connectivity index (χ1v) is 7.71. The summed E-state index contributed by atoms with van der Waals surface area (Å²) in [5.41, 5.74) is 3.49. The van der Waals surface area contributed by atoms with Gasteiger partial charge in [-0.15, -0.1) is 0 Å². The largest absolute Gasteiger partial charge is 0.323 e. The van der Waals surface area contributed by atoms with Crippen LogP contribution in [0.5, 0.6) is 0 Å². The van der Waals surface area contributed by atoms with Crippen molar-refractivity contribution in [2.45, 2.75) is 27.2 Å². The molecule has 0 bridgehead atoms. The molecule has 0 aliphatic heterocycles. The Balaban J connectivity index is 1.84. The van der Waals surface area contributed by atoms with E-state index >= 15 is 0 Å². The van der Waals surface area contributed by atoms with Gasteiger partial charge in [0.1, 0.15) is 5.82 Å². The summed E-state index contributed by atoms with van der Waals surface area (Å²) in [6, 6.07) is 3.63. The molecule has 0 saturated carbocycles. The number of nitrogens with one attached hydrogen (secondary N) is 1. The lowest BCUT2D eigenvalue weighted by Gasteiger charge is -2.12. The van der Waals surface area contributed by atoms with E-state index in [4.69, 9.17) is 0 Å². The lowest BCUT2D eigenvalue weighted by molar-refractivity contribution is -0.115. The minimum absolute atomic E-state index is 0.0961. The molecule has 0 aliphatic rings. The molecule has 1 amide bonds. The number of hydrogen-bond donors (Lipinski definition) is 1. The Morgan fingerprint density at radius 3 is 2.62 bits per heavy atom. The van der Waals surface area contributed by atoms with Gasteiger partial charge < -0.3 is 5.32 Å². The average molecular weight is 324 g/mol. The van der Waals surface area contributed by atoms with Gasteiger partial charge in [0.05, 0.1) is 17.8 Å². The van der Waals surface area contributed by atoms with Crippen LogP contribution in [0.25, 0.3) is 5.82 Å². The Bertz CT molecular complexity index is 892. The van der Waals surface area contributed by atoms with Crippen LogP contribution in [0.15, 0.2) is 30.7 Å². The monoisotopic (exact) mass is 324 g/mol. The molecule has 1 N–H and O–H groups in total. The molecule has 3 heterocycles. The maximum Gasteiger partial charge on any atom is 0.229 e. The number of carbonyl (C=O) groups is 1. The zero-order chi connectivity index (χ0) is 17.3. The molecule has 24 heavy (non-hydrogen) atoms. The van der Waals surface area contributed by atoms with E-state index in [1.807, 2.05) is 44.6 Å². The molecule has 0 aromatic carbocycles. The maximum atomic E-state index is 12.5. The first kappa shape index (κ1) is 15.9. The number of hydrogen-bond acceptors (Lipinski definition) is 4.